The number of aryl methyl sites for hydroxylation is 4. The molecule has 0 bridgehead atoms. The number of rotatable bonds is 5. The van der Waals surface area contributed by atoms with E-state index in [0.29, 0.717) is 5.56 Å². The average Bonchev–Trinajstić information content (AvgIpc) is 3.14. The summed E-state index contributed by atoms with van der Waals surface area (Å²) in [5, 5.41) is 9.34. The predicted octanol–water partition coefficient (Wildman–Crippen LogP) is 4.81. The number of para-hydroxylation sites is 1. The Hall–Kier alpha value is -3.80. The highest BCUT2D eigenvalue weighted by Gasteiger charge is 2.14. The molecule has 0 aliphatic carbocycles. The van der Waals surface area contributed by atoms with Crippen molar-refractivity contribution in [1.29, 1.82) is 0 Å². The monoisotopic (exact) mass is 411 g/mol. The quantitative estimate of drug-likeness (QED) is 0.378. The zero-order chi connectivity index (χ0) is 22.0. The fourth-order valence-corrected chi connectivity index (χ4v) is 3.45. The maximum Gasteiger partial charge on any atom is 0.272 e. The molecule has 0 saturated carbocycles. The van der Waals surface area contributed by atoms with Crippen molar-refractivity contribution in [3.63, 3.8) is 0 Å². The van der Waals surface area contributed by atoms with Gasteiger partial charge in [-0.15, -0.1) is 0 Å². The van der Waals surface area contributed by atoms with Crippen LogP contribution in [0.3, 0.4) is 0 Å². The maximum absolute atomic E-state index is 13.0. The summed E-state index contributed by atoms with van der Waals surface area (Å²) in [5.74, 6) is -0.277. The molecule has 1 N–H and O–H groups in total. The number of hydrogen-bond acceptors (Lipinski definition) is 4. The van der Waals surface area contributed by atoms with E-state index in [1.165, 1.54) is 11.1 Å². The second-order valence-corrected chi connectivity index (χ2v) is 7.60. The van der Waals surface area contributed by atoms with Crippen LogP contribution in [0.2, 0.25) is 0 Å². The highest BCUT2D eigenvalue weighted by Crippen LogP contribution is 2.26. The van der Waals surface area contributed by atoms with Crippen molar-refractivity contribution >= 4 is 23.0 Å². The van der Waals surface area contributed by atoms with Gasteiger partial charge in [0, 0.05) is 29.3 Å². The van der Waals surface area contributed by atoms with Crippen molar-refractivity contribution in [2.75, 3.05) is 0 Å². The lowest BCUT2D eigenvalue weighted by Gasteiger charge is -2.10. The lowest BCUT2D eigenvalue weighted by Crippen LogP contribution is -2.18. The van der Waals surface area contributed by atoms with Gasteiger partial charge in [-0.2, -0.15) is 10.2 Å². The third-order valence-corrected chi connectivity index (χ3v) is 5.44. The van der Waals surface area contributed by atoms with Crippen molar-refractivity contribution in [3.8, 4) is 11.3 Å². The summed E-state index contributed by atoms with van der Waals surface area (Å²) in [6.45, 7) is 8.88. The first kappa shape index (κ1) is 20.5. The molecule has 0 radical (unpaired) electrons. The van der Waals surface area contributed by atoms with Gasteiger partial charge in [0.2, 0.25) is 0 Å². The smallest absolute Gasteiger partial charge is 0.272 e. The van der Waals surface area contributed by atoms with Crippen LogP contribution >= 0.6 is 0 Å². The number of hydrazone groups is 1. The van der Waals surface area contributed by atoms with E-state index in [-0.39, 0.29) is 5.91 Å². The summed E-state index contributed by atoms with van der Waals surface area (Å²) in [6.07, 6.45) is 3.53. The van der Waals surface area contributed by atoms with Crippen molar-refractivity contribution in [2.24, 2.45) is 5.10 Å². The van der Waals surface area contributed by atoms with Crippen LogP contribution in [0, 0.1) is 20.8 Å². The van der Waals surface area contributed by atoms with Crippen LogP contribution in [0.5, 0.6) is 0 Å². The molecule has 0 unspecified atom stereocenters. The normalized spacial score (nSPS) is 11.4. The molecule has 2 aromatic carbocycles. The molecule has 0 atom stereocenters. The van der Waals surface area contributed by atoms with E-state index >= 15 is 0 Å². The van der Waals surface area contributed by atoms with Gasteiger partial charge in [0.25, 0.3) is 5.91 Å². The third-order valence-electron chi connectivity index (χ3n) is 5.44. The van der Waals surface area contributed by atoms with Crippen LogP contribution in [0.4, 0.5) is 0 Å². The second kappa shape index (κ2) is 8.52. The molecule has 2 heterocycles. The van der Waals surface area contributed by atoms with Gasteiger partial charge in [0.05, 0.1) is 28.7 Å². The molecule has 4 rings (SSSR count). The fourth-order valence-electron chi connectivity index (χ4n) is 3.45. The van der Waals surface area contributed by atoms with Gasteiger partial charge in [0.1, 0.15) is 0 Å². The summed E-state index contributed by atoms with van der Waals surface area (Å²) >= 11 is 0. The standard InChI is InChI=1S/C25H25N5O/c1-5-30-15-20(18(4)29-30)14-26-28-25(31)22-13-24(19-11-10-16(2)17(3)12-19)27-23-9-7-6-8-21(22)23/h6-15H,5H2,1-4H3,(H,28,31)/b26-14+. The Bertz CT molecular complexity index is 1300. The van der Waals surface area contributed by atoms with E-state index in [0.717, 1.165) is 40.0 Å². The van der Waals surface area contributed by atoms with E-state index in [2.05, 4.69) is 41.6 Å². The molecular formula is C25H25N5O. The third kappa shape index (κ3) is 4.23. The zero-order valence-corrected chi connectivity index (χ0v) is 18.2. The SMILES string of the molecule is CCn1cc(/C=N/NC(=O)c2cc(-c3ccc(C)c(C)c3)nc3ccccc23)c(C)n1. The first-order valence-corrected chi connectivity index (χ1v) is 10.3. The van der Waals surface area contributed by atoms with Crippen LogP contribution in [-0.4, -0.2) is 26.9 Å². The first-order valence-electron chi connectivity index (χ1n) is 10.3. The topological polar surface area (TPSA) is 72.2 Å². The first-order chi connectivity index (χ1) is 15.0. The molecule has 31 heavy (non-hydrogen) atoms. The molecule has 0 spiro atoms. The molecule has 0 aliphatic heterocycles. The van der Waals surface area contributed by atoms with Crippen molar-refractivity contribution in [1.82, 2.24) is 20.2 Å². The summed E-state index contributed by atoms with van der Waals surface area (Å²) in [6, 6.07) is 15.7. The summed E-state index contributed by atoms with van der Waals surface area (Å²) in [7, 11) is 0. The number of aromatic nitrogens is 3. The number of nitrogens with zero attached hydrogens (tertiary/aromatic N) is 4. The Morgan fingerprint density at radius 2 is 1.90 bits per heavy atom. The minimum Gasteiger partial charge on any atom is -0.272 e. The van der Waals surface area contributed by atoms with Crippen molar-refractivity contribution in [2.45, 2.75) is 34.2 Å². The Morgan fingerprint density at radius 1 is 1.10 bits per heavy atom. The van der Waals surface area contributed by atoms with E-state index in [1.54, 1.807) is 6.21 Å². The second-order valence-electron chi connectivity index (χ2n) is 7.60. The van der Waals surface area contributed by atoms with E-state index < -0.39 is 0 Å². The Morgan fingerprint density at radius 3 is 2.65 bits per heavy atom. The largest absolute Gasteiger partial charge is 0.272 e. The van der Waals surface area contributed by atoms with Crippen LogP contribution in [0.15, 0.2) is 59.8 Å². The number of amides is 1. The van der Waals surface area contributed by atoms with Gasteiger partial charge in [0.15, 0.2) is 0 Å². The number of nitrogens with one attached hydrogen (secondary N) is 1. The molecule has 0 fully saturated rings. The van der Waals surface area contributed by atoms with Gasteiger partial charge < -0.3 is 0 Å². The van der Waals surface area contributed by atoms with Gasteiger partial charge in [-0.05, 0) is 57.0 Å². The molecule has 6 heteroatoms. The maximum atomic E-state index is 13.0. The van der Waals surface area contributed by atoms with Crippen LogP contribution < -0.4 is 5.43 Å². The molecule has 2 aromatic heterocycles. The minimum atomic E-state index is -0.277. The van der Waals surface area contributed by atoms with Crippen LogP contribution in [0.25, 0.3) is 22.2 Å². The van der Waals surface area contributed by atoms with Crippen molar-refractivity contribution in [3.05, 3.63) is 82.7 Å². The van der Waals surface area contributed by atoms with Crippen LogP contribution in [0.1, 0.15) is 39.7 Å². The molecule has 4 aromatic rings. The molecular weight excluding hydrogens is 386 g/mol. The number of carbonyl (C=O) groups is 1. The lowest BCUT2D eigenvalue weighted by molar-refractivity contribution is 0.0956. The molecule has 0 aliphatic rings. The number of carbonyl (C=O) groups excluding carboxylic acids is 1. The minimum absolute atomic E-state index is 0.277. The average molecular weight is 412 g/mol. The lowest BCUT2D eigenvalue weighted by atomic mass is 10.0. The van der Waals surface area contributed by atoms with E-state index in [9.17, 15) is 4.79 Å². The number of hydrogen-bond donors (Lipinski definition) is 1. The molecule has 156 valence electrons. The van der Waals surface area contributed by atoms with E-state index in [4.69, 9.17) is 4.98 Å². The Labute approximate surface area is 181 Å². The van der Waals surface area contributed by atoms with Gasteiger partial charge in [-0.25, -0.2) is 10.4 Å². The van der Waals surface area contributed by atoms with Crippen LogP contribution in [-0.2, 0) is 6.54 Å². The highest BCUT2D eigenvalue weighted by molar-refractivity contribution is 6.07. The Kier molecular flexibility index (Phi) is 5.62. The Balaban J connectivity index is 1.68. The van der Waals surface area contributed by atoms with Gasteiger partial charge >= 0.3 is 0 Å². The summed E-state index contributed by atoms with van der Waals surface area (Å²) < 4.78 is 1.84. The zero-order valence-electron chi connectivity index (χ0n) is 18.2. The van der Waals surface area contributed by atoms with Gasteiger partial charge in [-0.3, -0.25) is 9.48 Å². The predicted molar refractivity (Wildman–Crippen MR) is 124 cm³/mol. The molecule has 6 nitrogen and oxygen atoms in total. The molecule has 0 saturated heterocycles. The summed E-state index contributed by atoms with van der Waals surface area (Å²) in [4.78, 5) is 17.8. The number of fused-ring (bicyclic) bond motifs is 1. The summed E-state index contributed by atoms with van der Waals surface area (Å²) in [5.41, 5.74) is 9.86. The van der Waals surface area contributed by atoms with Gasteiger partial charge in [-0.1, -0.05) is 30.3 Å². The number of benzene rings is 2. The fraction of sp³-hybridized carbons (Fsp3) is 0.200. The van der Waals surface area contributed by atoms with Crippen molar-refractivity contribution < 1.29 is 4.79 Å². The van der Waals surface area contributed by atoms with E-state index in [1.807, 2.05) is 61.1 Å². The highest BCUT2D eigenvalue weighted by atomic mass is 16.2. The number of pyridine rings is 1. The molecule has 1 amide bonds.